The van der Waals surface area contributed by atoms with Gasteiger partial charge in [0.05, 0.1) is 19.1 Å². The summed E-state index contributed by atoms with van der Waals surface area (Å²) in [7, 11) is -4.21. The number of hydrogen-bond donors (Lipinski definition) is 2. The van der Waals surface area contributed by atoms with E-state index in [1.54, 1.807) is 24.3 Å². The van der Waals surface area contributed by atoms with E-state index in [1.807, 2.05) is 6.07 Å². The fourth-order valence-corrected chi connectivity index (χ4v) is 1.84. The molecule has 0 bridgehead atoms. The number of benzene rings is 1. The molecular weight excluding hydrogens is 259 g/mol. The van der Waals surface area contributed by atoms with E-state index in [2.05, 4.69) is 4.52 Å². The quantitative estimate of drug-likeness (QED) is 0.739. The summed E-state index contributed by atoms with van der Waals surface area (Å²) in [6.45, 7) is 0.924. The maximum absolute atomic E-state index is 11.4. The lowest BCUT2D eigenvalue weighted by Gasteiger charge is -2.13. The molecule has 0 aliphatic rings. The molecule has 1 unspecified atom stereocenters. The summed E-state index contributed by atoms with van der Waals surface area (Å²) in [5.74, 6) is -1.97. The molecule has 0 amide bonds. The molecule has 1 aromatic carbocycles. The molecule has 100 valence electrons. The minimum Gasteiger partial charge on any atom is -0.481 e. The van der Waals surface area contributed by atoms with E-state index in [1.165, 1.54) is 6.92 Å². The van der Waals surface area contributed by atoms with Crippen LogP contribution in [0, 0.1) is 5.92 Å². The number of hydrogen-bond acceptors (Lipinski definition) is 4. The van der Waals surface area contributed by atoms with Gasteiger partial charge in [-0.2, -0.15) is 0 Å². The number of rotatable bonds is 7. The van der Waals surface area contributed by atoms with Crippen molar-refractivity contribution in [2.45, 2.75) is 13.5 Å². The monoisotopic (exact) mass is 274 g/mol. The van der Waals surface area contributed by atoms with E-state index in [4.69, 9.17) is 9.63 Å². The van der Waals surface area contributed by atoms with Crippen LogP contribution >= 0.6 is 7.82 Å². The molecule has 0 saturated heterocycles. The highest BCUT2D eigenvalue weighted by Crippen LogP contribution is 2.44. The molecule has 0 radical (unpaired) electrons. The van der Waals surface area contributed by atoms with Gasteiger partial charge in [-0.3, -0.25) is 13.8 Å². The van der Waals surface area contributed by atoms with E-state index in [9.17, 15) is 14.3 Å². The van der Waals surface area contributed by atoms with Crippen LogP contribution in [0.1, 0.15) is 12.5 Å². The largest absolute Gasteiger partial charge is 0.481 e. The van der Waals surface area contributed by atoms with Gasteiger partial charge < -0.3 is 10.00 Å². The van der Waals surface area contributed by atoms with Crippen LogP contribution in [0.25, 0.3) is 0 Å². The number of phosphoric ester groups is 1. The fourth-order valence-electron chi connectivity index (χ4n) is 1.04. The predicted molar refractivity (Wildman–Crippen MR) is 63.8 cm³/mol. The zero-order valence-electron chi connectivity index (χ0n) is 9.85. The Balaban J connectivity index is 2.40. The molecule has 2 atom stereocenters. The van der Waals surface area contributed by atoms with Crippen LogP contribution in [-0.4, -0.2) is 22.6 Å². The van der Waals surface area contributed by atoms with Gasteiger partial charge in [-0.25, -0.2) is 4.57 Å². The van der Waals surface area contributed by atoms with Crippen molar-refractivity contribution >= 4 is 13.8 Å². The molecule has 6 nitrogen and oxygen atoms in total. The van der Waals surface area contributed by atoms with Crippen molar-refractivity contribution in [3.8, 4) is 0 Å². The average Bonchev–Trinajstić information content (AvgIpc) is 2.35. The van der Waals surface area contributed by atoms with Crippen molar-refractivity contribution in [3.05, 3.63) is 35.9 Å². The molecule has 0 fully saturated rings. The average molecular weight is 274 g/mol. The topological polar surface area (TPSA) is 93.1 Å². The van der Waals surface area contributed by atoms with Gasteiger partial charge in [0, 0.05) is 0 Å². The third-order valence-electron chi connectivity index (χ3n) is 2.15. The van der Waals surface area contributed by atoms with Crippen LogP contribution in [0.2, 0.25) is 0 Å². The normalized spacial score (nSPS) is 15.9. The Kier molecular flexibility index (Phi) is 5.50. The second-order valence-electron chi connectivity index (χ2n) is 3.76. The van der Waals surface area contributed by atoms with Crippen molar-refractivity contribution in [2.24, 2.45) is 5.92 Å². The standard InChI is InChI=1S/C11H15O6P/c1-9(11(12)13)7-16-18(14,15)17-8-10-5-3-2-4-6-10/h2-6,9H,7-8H2,1H3,(H,12,13)(H,14,15)/t9-/m0/s1. The first-order valence-electron chi connectivity index (χ1n) is 5.29. The highest BCUT2D eigenvalue weighted by Gasteiger charge is 2.24. The summed E-state index contributed by atoms with van der Waals surface area (Å²) in [6, 6.07) is 8.83. The van der Waals surface area contributed by atoms with Gasteiger partial charge in [0.1, 0.15) is 0 Å². The van der Waals surface area contributed by atoms with Crippen LogP contribution in [-0.2, 0) is 25.0 Å². The molecule has 0 aromatic heterocycles. The lowest BCUT2D eigenvalue weighted by atomic mass is 10.2. The summed E-state index contributed by atoms with van der Waals surface area (Å²) in [5.41, 5.74) is 0.724. The highest BCUT2D eigenvalue weighted by molar-refractivity contribution is 7.47. The lowest BCUT2D eigenvalue weighted by Crippen LogP contribution is -2.15. The Morgan fingerprint density at radius 3 is 2.50 bits per heavy atom. The molecule has 1 rings (SSSR count). The molecule has 0 heterocycles. The number of carbonyl (C=O) groups is 1. The highest BCUT2D eigenvalue weighted by atomic mass is 31.2. The van der Waals surface area contributed by atoms with Gasteiger partial charge in [0.25, 0.3) is 0 Å². The van der Waals surface area contributed by atoms with E-state index < -0.39 is 19.7 Å². The van der Waals surface area contributed by atoms with Crippen molar-refractivity contribution in [1.29, 1.82) is 0 Å². The molecule has 0 spiro atoms. The van der Waals surface area contributed by atoms with E-state index in [-0.39, 0.29) is 13.2 Å². The molecule has 7 heteroatoms. The maximum atomic E-state index is 11.4. The summed E-state index contributed by atoms with van der Waals surface area (Å²) >= 11 is 0. The molecule has 2 N–H and O–H groups in total. The van der Waals surface area contributed by atoms with Crippen molar-refractivity contribution < 1.29 is 28.4 Å². The third-order valence-corrected chi connectivity index (χ3v) is 3.08. The Hall–Kier alpha value is -1.20. The lowest BCUT2D eigenvalue weighted by molar-refractivity contribution is -0.142. The first-order valence-corrected chi connectivity index (χ1v) is 6.79. The van der Waals surface area contributed by atoms with Crippen LogP contribution < -0.4 is 0 Å². The van der Waals surface area contributed by atoms with Gasteiger partial charge in [0.2, 0.25) is 0 Å². The molecule has 0 saturated carbocycles. The Morgan fingerprint density at radius 2 is 1.94 bits per heavy atom. The van der Waals surface area contributed by atoms with Crippen molar-refractivity contribution in [3.63, 3.8) is 0 Å². The summed E-state index contributed by atoms with van der Waals surface area (Å²) < 4.78 is 20.8. The van der Waals surface area contributed by atoms with Crippen molar-refractivity contribution in [2.75, 3.05) is 6.61 Å². The van der Waals surface area contributed by atoms with Crippen LogP contribution in [0.3, 0.4) is 0 Å². The third kappa shape index (κ3) is 5.42. The number of carboxylic acid groups (broad SMARTS) is 1. The van der Waals surface area contributed by atoms with E-state index >= 15 is 0 Å². The van der Waals surface area contributed by atoms with Crippen LogP contribution in [0.15, 0.2) is 30.3 Å². The van der Waals surface area contributed by atoms with Crippen LogP contribution in [0.4, 0.5) is 0 Å². The Bertz CT molecular complexity index is 432. The fraction of sp³-hybridized carbons (Fsp3) is 0.364. The summed E-state index contributed by atoms with van der Waals surface area (Å²) in [6.07, 6.45) is 0. The first-order chi connectivity index (χ1) is 8.41. The van der Waals surface area contributed by atoms with Gasteiger partial charge in [-0.05, 0) is 12.5 Å². The number of carboxylic acids is 1. The Morgan fingerprint density at radius 1 is 1.33 bits per heavy atom. The molecule has 0 aliphatic carbocycles. The molecular formula is C11H15O6P. The summed E-state index contributed by atoms with van der Waals surface area (Å²) in [4.78, 5) is 19.8. The molecule has 1 aromatic rings. The minimum atomic E-state index is -4.21. The summed E-state index contributed by atoms with van der Waals surface area (Å²) in [5, 5.41) is 8.59. The van der Waals surface area contributed by atoms with Gasteiger partial charge in [0.15, 0.2) is 0 Å². The van der Waals surface area contributed by atoms with E-state index in [0.29, 0.717) is 0 Å². The second kappa shape index (κ2) is 6.66. The minimum absolute atomic E-state index is 0.0733. The first kappa shape index (κ1) is 14.9. The zero-order chi connectivity index (χ0) is 13.6. The SMILES string of the molecule is C[C@@H](COP(=O)(O)OCc1ccccc1)C(=O)O. The number of aliphatic carboxylic acids is 1. The Labute approximate surface area is 105 Å². The molecule has 18 heavy (non-hydrogen) atoms. The maximum Gasteiger partial charge on any atom is 0.472 e. The smallest absolute Gasteiger partial charge is 0.472 e. The second-order valence-corrected chi connectivity index (χ2v) is 5.22. The zero-order valence-corrected chi connectivity index (χ0v) is 10.7. The van der Waals surface area contributed by atoms with Crippen LogP contribution in [0.5, 0.6) is 0 Å². The van der Waals surface area contributed by atoms with E-state index in [0.717, 1.165) is 5.56 Å². The van der Waals surface area contributed by atoms with Gasteiger partial charge in [-0.15, -0.1) is 0 Å². The van der Waals surface area contributed by atoms with Crippen molar-refractivity contribution in [1.82, 2.24) is 0 Å². The molecule has 0 aliphatic heterocycles. The predicted octanol–water partition coefficient (Wildman–Crippen LogP) is 2.04. The number of phosphoric acid groups is 1. The van der Waals surface area contributed by atoms with Gasteiger partial charge >= 0.3 is 13.8 Å². The van der Waals surface area contributed by atoms with Gasteiger partial charge in [-0.1, -0.05) is 30.3 Å².